The molecule has 26 heavy (non-hydrogen) atoms. The molecular formula is C22H42O3Si. The first-order valence-corrected chi connectivity index (χ1v) is 12.5. The Kier molecular flexibility index (Phi) is 9.56. The Morgan fingerprint density at radius 3 is 1.81 bits per heavy atom. The summed E-state index contributed by atoms with van der Waals surface area (Å²) in [5.74, 6) is -0.179. The van der Waals surface area contributed by atoms with Crippen LogP contribution in [-0.2, 0) is 14.0 Å². The summed E-state index contributed by atoms with van der Waals surface area (Å²) in [6, 6.07) is 3.39. The van der Waals surface area contributed by atoms with Gasteiger partial charge in [-0.3, -0.25) is 4.79 Å². The van der Waals surface area contributed by atoms with Gasteiger partial charge in [-0.2, -0.15) is 0 Å². The zero-order chi connectivity index (χ0) is 20.8. The van der Waals surface area contributed by atoms with Gasteiger partial charge >= 0.3 is 5.97 Å². The average molecular weight is 383 g/mol. The number of allylic oxidation sites excluding steroid dienone is 1. The molecule has 0 N–H and O–H groups in total. The maximum atomic E-state index is 12.2. The fourth-order valence-corrected chi connectivity index (χ4v) is 6.08. The molecule has 4 heteroatoms. The summed E-state index contributed by atoms with van der Waals surface area (Å²) in [7, 11) is -1.68. The number of carbonyl (C=O) groups excluding carboxylic acids is 1. The number of carbonyl (C=O) groups is 1. The predicted octanol–water partition coefficient (Wildman–Crippen LogP) is 6.66. The summed E-state index contributed by atoms with van der Waals surface area (Å²) >= 11 is 0. The van der Waals surface area contributed by atoms with Crippen molar-refractivity contribution in [3.8, 4) is 0 Å². The Balaban J connectivity index is 5.39. The topological polar surface area (TPSA) is 35.5 Å². The fourth-order valence-electron chi connectivity index (χ4n) is 2.96. The van der Waals surface area contributed by atoms with Crippen LogP contribution in [0.25, 0.3) is 0 Å². The molecule has 0 aromatic rings. The molecule has 0 aliphatic carbocycles. The average Bonchev–Trinajstić information content (AvgIpc) is 2.51. The van der Waals surface area contributed by atoms with Crippen LogP contribution in [0.4, 0.5) is 0 Å². The molecule has 0 bridgehead atoms. The van der Waals surface area contributed by atoms with Gasteiger partial charge in [0.25, 0.3) is 0 Å². The third kappa shape index (κ3) is 7.79. The van der Waals surface area contributed by atoms with Crippen molar-refractivity contribution < 1.29 is 14.0 Å². The van der Waals surface area contributed by atoms with E-state index >= 15 is 0 Å². The third-order valence-corrected chi connectivity index (χ3v) is 9.81. The number of rotatable bonds is 9. The van der Waals surface area contributed by atoms with Crippen LogP contribution in [0.5, 0.6) is 0 Å². The van der Waals surface area contributed by atoms with Crippen molar-refractivity contribution >= 4 is 14.3 Å². The summed E-state index contributed by atoms with van der Waals surface area (Å²) in [5.41, 5.74) is 1.36. The van der Waals surface area contributed by atoms with Gasteiger partial charge in [0.05, 0.1) is 11.0 Å². The van der Waals surface area contributed by atoms with Gasteiger partial charge in [0, 0.05) is 0 Å². The second-order valence-electron chi connectivity index (χ2n) is 9.04. The van der Waals surface area contributed by atoms with Gasteiger partial charge in [0.1, 0.15) is 6.10 Å². The molecule has 0 saturated carbocycles. The Morgan fingerprint density at radius 1 is 1.00 bits per heavy atom. The molecule has 0 aromatic heterocycles. The molecule has 0 amide bonds. The lowest BCUT2D eigenvalue weighted by Crippen LogP contribution is -2.43. The maximum Gasteiger partial charge on any atom is 0.311 e. The van der Waals surface area contributed by atoms with Crippen LogP contribution in [0.15, 0.2) is 23.3 Å². The molecule has 0 aliphatic rings. The highest BCUT2D eigenvalue weighted by Gasteiger charge is 2.34. The van der Waals surface area contributed by atoms with E-state index in [0.29, 0.717) is 0 Å². The first-order chi connectivity index (χ1) is 11.7. The fraction of sp³-hybridized carbons (Fsp3) is 0.773. The van der Waals surface area contributed by atoms with E-state index in [-0.39, 0.29) is 17.7 Å². The van der Waals surface area contributed by atoms with E-state index in [1.165, 1.54) is 0 Å². The smallest absolute Gasteiger partial charge is 0.311 e. The minimum absolute atomic E-state index is 0.179. The Labute approximate surface area is 163 Å². The first-order valence-electron chi connectivity index (χ1n) is 10.0. The van der Waals surface area contributed by atoms with Crippen LogP contribution in [-0.4, -0.2) is 26.0 Å². The molecule has 0 heterocycles. The van der Waals surface area contributed by atoms with Crippen LogP contribution < -0.4 is 0 Å². The second-order valence-corrected chi connectivity index (χ2v) is 13.7. The number of ether oxygens (including phenoxy) is 1. The van der Waals surface area contributed by atoms with Gasteiger partial charge in [0.15, 0.2) is 8.32 Å². The number of esters is 1. The number of hydrogen-bond acceptors (Lipinski definition) is 3. The summed E-state index contributed by atoms with van der Waals surface area (Å²) in [5, 5.41) is 0. The predicted molar refractivity (Wildman–Crippen MR) is 115 cm³/mol. The number of hydrogen-bond donors (Lipinski definition) is 0. The first kappa shape index (κ1) is 25.1. The largest absolute Gasteiger partial charge is 0.457 e. The van der Waals surface area contributed by atoms with E-state index in [0.717, 1.165) is 29.3 Å². The molecule has 0 spiro atoms. The molecular weight excluding hydrogens is 340 g/mol. The highest BCUT2D eigenvalue weighted by atomic mass is 28.4. The molecule has 1 unspecified atom stereocenters. The van der Waals surface area contributed by atoms with Gasteiger partial charge in [-0.25, -0.2) is 0 Å². The normalized spacial score (nSPS) is 14.4. The van der Waals surface area contributed by atoms with Gasteiger partial charge in [0.2, 0.25) is 0 Å². The Hall–Kier alpha value is -0.873. The quantitative estimate of drug-likeness (QED) is 0.254. The monoisotopic (exact) mass is 382 g/mol. The minimum Gasteiger partial charge on any atom is -0.457 e. The van der Waals surface area contributed by atoms with E-state index in [9.17, 15) is 4.79 Å². The molecule has 0 radical (unpaired) electrons. The lowest BCUT2D eigenvalue weighted by atomic mass is 9.96. The SMILES string of the molecule is CC[Si](CC)(CC)OC(C)(C)/C=C\C(=C(C)C)C(C)OC(=O)C(C)(C)C. The van der Waals surface area contributed by atoms with Crippen LogP contribution in [0, 0.1) is 5.41 Å². The standard InChI is InChI=1S/C22H42O3Si/c1-12-26(13-2,14-3)25-22(10,11)16-15-19(17(4)5)18(6)24-20(23)21(7,8)9/h15-16,18H,12-14H2,1-11H3/b16-15-. The van der Waals surface area contributed by atoms with Crippen molar-refractivity contribution in [2.24, 2.45) is 5.41 Å². The van der Waals surface area contributed by atoms with Crippen molar-refractivity contribution in [1.82, 2.24) is 0 Å². The zero-order valence-electron chi connectivity index (χ0n) is 19.1. The summed E-state index contributed by atoms with van der Waals surface area (Å²) in [6.45, 7) is 22.7. The Bertz CT molecular complexity index is 508. The van der Waals surface area contributed by atoms with Crippen LogP contribution >= 0.6 is 0 Å². The van der Waals surface area contributed by atoms with Crippen LogP contribution in [0.1, 0.15) is 76.2 Å². The van der Waals surface area contributed by atoms with Crippen molar-refractivity contribution in [3.05, 3.63) is 23.3 Å². The molecule has 0 rings (SSSR count). The maximum absolute atomic E-state index is 12.2. The molecule has 0 fully saturated rings. The van der Waals surface area contributed by atoms with Crippen molar-refractivity contribution in [1.29, 1.82) is 0 Å². The van der Waals surface area contributed by atoms with Crippen molar-refractivity contribution in [3.63, 3.8) is 0 Å². The van der Waals surface area contributed by atoms with Gasteiger partial charge < -0.3 is 9.16 Å². The summed E-state index contributed by atoms with van der Waals surface area (Å²) in [6.07, 6.45) is 3.93. The lowest BCUT2D eigenvalue weighted by Gasteiger charge is -2.36. The molecule has 0 aromatic carbocycles. The van der Waals surface area contributed by atoms with Gasteiger partial charge in [-0.15, -0.1) is 0 Å². The molecule has 1 atom stereocenters. The van der Waals surface area contributed by atoms with Gasteiger partial charge in [-0.05, 0) is 79.1 Å². The highest BCUT2D eigenvalue weighted by Crippen LogP contribution is 2.29. The minimum atomic E-state index is -1.68. The van der Waals surface area contributed by atoms with Crippen LogP contribution in [0.2, 0.25) is 18.1 Å². The summed E-state index contributed by atoms with van der Waals surface area (Å²) < 4.78 is 12.3. The summed E-state index contributed by atoms with van der Waals surface area (Å²) in [4.78, 5) is 12.2. The van der Waals surface area contributed by atoms with Gasteiger partial charge in [-0.1, -0.05) is 38.5 Å². The lowest BCUT2D eigenvalue weighted by molar-refractivity contribution is -0.155. The second kappa shape index (κ2) is 9.89. The molecule has 152 valence electrons. The Morgan fingerprint density at radius 2 is 1.46 bits per heavy atom. The van der Waals surface area contributed by atoms with E-state index in [1.807, 2.05) is 27.7 Å². The van der Waals surface area contributed by atoms with E-state index in [1.54, 1.807) is 0 Å². The van der Waals surface area contributed by atoms with Crippen LogP contribution in [0.3, 0.4) is 0 Å². The highest BCUT2D eigenvalue weighted by molar-refractivity contribution is 6.73. The van der Waals surface area contributed by atoms with E-state index < -0.39 is 13.7 Å². The van der Waals surface area contributed by atoms with Crippen molar-refractivity contribution in [2.75, 3.05) is 0 Å². The third-order valence-electron chi connectivity index (χ3n) is 4.99. The van der Waals surface area contributed by atoms with E-state index in [2.05, 4.69) is 60.6 Å². The van der Waals surface area contributed by atoms with E-state index in [4.69, 9.17) is 9.16 Å². The molecule has 3 nitrogen and oxygen atoms in total. The zero-order valence-corrected chi connectivity index (χ0v) is 20.1. The molecule has 0 aliphatic heterocycles. The van der Waals surface area contributed by atoms with Crippen molar-refractivity contribution in [2.45, 2.75) is 106 Å². The molecule has 0 saturated heterocycles.